The van der Waals surface area contributed by atoms with Crippen LogP contribution in [0, 0.1) is 10.1 Å². The zero-order valence-corrected chi connectivity index (χ0v) is 12.7. The maximum absolute atomic E-state index is 11.0. The lowest BCUT2D eigenvalue weighted by atomic mass is 10.2. The van der Waals surface area contributed by atoms with Gasteiger partial charge in [-0.2, -0.15) is 0 Å². The molecule has 0 radical (unpaired) electrons. The molecule has 0 unspecified atom stereocenters. The highest BCUT2D eigenvalue weighted by molar-refractivity contribution is 5.85. The summed E-state index contributed by atoms with van der Waals surface area (Å²) in [7, 11) is 0. The Hall–Kier alpha value is -3.47. The maximum atomic E-state index is 11.0. The van der Waals surface area contributed by atoms with Gasteiger partial charge in [-0.05, 0) is 18.2 Å². The van der Waals surface area contributed by atoms with E-state index < -0.39 is 4.92 Å². The summed E-state index contributed by atoms with van der Waals surface area (Å²) in [4.78, 5) is 15.3. The lowest BCUT2D eigenvalue weighted by Gasteiger charge is -2.09. The standard InChI is InChI=1S/C19H13N3O2/c23-22(24)16-11-12-18-17(13-16)20-19(14-7-3-1-4-8-14)21(18)15-9-5-2-6-10-15/h1-13H. The van der Waals surface area contributed by atoms with E-state index in [9.17, 15) is 10.1 Å². The van der Waals surface area contributed by atoms with Crippen molar-refractivity contribution in [1.82, 2.24) is 9.55 Å². The smallest absolute Gasteiger partial charge is 0.271 e. The number of hydrogen-bond acceptors (Lipinski definition) is 3. The van der Waals surface area contributed by atoms with Crippen LogP contribution < -0.4 is 0 Å². The normalized spacial score (nSPS) is 10.8. The van der Waals surface area contributed by atoms with E-state index in [1.807, 2.05) is 65.2 Å². The average Bonchev–Trinajstić information content (AvgIpc) is 3.01. The summed E-state index contributed by atoms with van der Waals surface area (Å²) in [6.45, 7) is 0. The summed E-state index contributed by atoms with van der Waals surface area (Å²) >= 11 is 0. The number of aromatic nitrogens is 2. The van der Waals surface area contributed by atoms with E-state index in [1.54, 1.807) is 6.07 Å². The van der Waals surface area contributed by atoms with Gasteiger partial charge < -0.3 is 0 Å². The van der Waals surface area contributed by atoms with Crippen LogP contribution >= 0.6 is 0 Å². The van der Waals surface area contributed by atoms with Crippen LogP contribution in [0.4, 0.5) is 5.69 Å². The quantitative estimate of drug-likeness (QED) is 0.410. The lowest BCUT2D eigenvalue weighted by Crippen LogP contribution is -1.97. The number of hydrogen-bond donors (Lipinski definition) is 0. The Kier molecular flexibility index (Phi) is 3.31. The highest BCUT2D eigenvalue weighted by atomic mass is 16.6. The Balaban J connectivity index is 2.04. The molecule has 5 heteroatoms. The summed E-state index contributed by atoms with van der Waals surface area (Å²) in [6, 6.07) is 24.5. The van der Waals surface area contributed by atoms with Gasteiger partial charge in [0.15, 0.2) is 0 Å². The van der Waals surface area contributed by atoms with Gasteiger partial charge in [0.1, 0.15) is 5.82 Å². The Morgan fingerprint density at radius 3 is 2.21 bits per heavy atom. The molecule has 4 rings (SSSR count). The third-order valence-electron chi connectivity index (χ3n) is 3.90. The monoisotopic (exact) mass is 315 g/mol. The Morgan fingerprint density at radius 1 is 0.875 bits per heavy atom. The minimum Gasteiger partial charge on any atom is -0.292 e. The molecule has 1 heterocycles. The average molecular weight is 315 g/mol. The predicted molar refractivity (Wildman–Crippen MR) is 93.2 cm³/mol. The van der Waals surface area contributed by atoms with Gasteiger partial charge in [0.2, 0.25) is 0 Å². The van der Waals surface area contributed by atoms with Crippen molar-refractivity contribution in [2.24, 2.45) is 0 Å². The summed E-state index contributed by atoms with van der Waals surface area (Å²) in [5.41, 5.74) is 3.41. The van der Waals surface area contributed by atoms with E-state index in [-0.39, 0.29) is 5.69 Å². The van der Waals surface area contributed by atoms with Crippen LogP contribution in [0.15, 0.2) is 78.9 Å². The molecule has 0 aliphatic heterocycles. The van der Waals surface area contributed by atoms with E-state index in [0.29, 0.717) is 5.52 Å². The van der Waals surface area contributed by atoms with E-state index in [4.69, 9.17) is 0 Å². The molecule has 4 aromatic rings. The molecule has 0 saturated carbocycles. The number of nitro benzene ring substituents is 1. The number of non-ortho nitro benzene ring substituents is 1. The van der Waals surface area contributed by atoms with Crippen LogP contribution in [0.25, 0.3) is 28.1 Å². The molecule has 0 aliphatic rings. The molecule has 0 saturated heterocycles. The van der Waals surface area contributed by atoms with Crippen molar-refractivity contribution in [1.29, 1.82) is 0 Å². The first-order chi connectivity index (χ1) is 11.7. The minimum atomic E-state index is -0.400. The number of para-hydroxylation sites is 1. The second-order valence-corrected chi connectivity index (χ2v) is 5.40. The van der Waals surface area contributed by atoms with E-state index >= 15 is 0 Å². The summed E-state index contributed by atoms with van der Waals surface area (Å²) in [5.74, 6) is 0.761. The number of imidazole rings is 1. The highest BCUT2D eigenvalue weighted by Gasteiger charge is 2.16. The van der Waals surface area contributed by atoms with Gasteiger partial charge in [-0.25, -0.2) is 4.98 Å². The molecular weight excluding hydrogens is 302 g/mol. The molecule has 5 nitrogen and oxygen atoms in total. The van der Waals surface area contributed by atoms with Crippen LogP contribution in [0.3, 0.4) is 0 Å². The van der Waals surface area contributed by atoms with Gasteiger partial charge in [-0.15, -0.1) is 0 Å². The Morgan fingerprint density at radius 2 is 1.54 bits per heavy atom. The molecule has 0 amide bonds. The first-order valence-electron chi connectivity index (χ1n) is 7.52. The van der Waals surface area contributed by atoms with E-state index in [1.165, 1.54) is 12.1 Å². The van der Waals surface area contributed by atoms with Crippen molar-refractivity contribution < 1.29 is 4.92 Å². The largest absolute Gasteiger partial charge is 0.292 e. The predicted octanol–water partition coefficient (Wildman–Crippen LogP) is 4.60. The van der Waals surface area contributed by atoms with Crippen molar-refractivity contribution in [3.8, 4) is 17.1 Å². The summed E-state index contributed by atoms with van der Waals surface area (Å²) in [5, 5.41) is 11.0. The minimum absolute atomic E-state index is 0.0415. The lowest BCUT2D eigenvalue weighted by molar-refractivity contribution is -0.384. The summed E-state index contributed by atoms with van der Waals surface area (Å²) < 4.78 is 2.02. The fraction of sp³-hybridized carbons (Fsp3) is 0. The molecular formula is C19H13N3O2. The molecule has 116 valence electrons. The molecule has 0 fully saturated rings. The second kappa shape index (κ2) is 5.62. The second-order valence-electron chi connectivity index (χ2n) is 5.40. The van der Waals surface area contributed by atoms with Crippen LogP contribution in [-0.2, 0) is 0 Å². The Labute approximate surface area is 138 Å². The molecule has 24 heavy (non-hydrogen) atoms. The molecule has 0 atom stereocenters. The number of fused-ring (bicyclic) bond motifs is 1. The van der Waals surface area contributed by atoms with Crippen molar-refractivity contribution in [3.05, 3.63) is 89.0 Å². The zero-order chi connectivity index (χ0) is 16.5. The van der Waals surface area contributed by atoms with Gasteiger partial charge in [0.05, 0.1) is 16.0 Å². The zero-order valence-electron chi connectivity index (χ0n) is 12.7. The van der Waals surface area contributed by atoms with Gasteiger partial charge in [0.25, 0.3) is 5.69 Å². The number of nitro groups is 1. The molecule has 0 bridgehead atoms. The van der Waals surface area contributed by atoms with Crippen LogP contribution in [-0.4, -0.2) is 14.5 Å². The number of benzene rings is 3. The van der Waals surface area contributed by atoms with Crippen LogP contribution in [0.5, 0.6) is 0 Å². The van der Waals surface area contributed by atoms with Gasteiger partial charge in [-0.1, -0.05) is 48.5 Å². The number of rotatable bonds is 3. The summed E-state index contributed by atoms with van der Waals surface area (Å²) in [6.07, 6.45) is 0. The van der Waals surface area contributed by atoms with Crippen molar-refractivity contribution in [3.63, 3.8) is 0 Å². The third-order valence-corrected chi connectivity index (χ3v) is 3.90. The molecule has 0 aliphatic carbocycles. The van der Waals surface area contributed by atoms with Crippen LogP contribution in [0.2, 0.25) is 0 Å². The Bertz CT molecular complexity index is 1020. The maximum Gasteiger partial charge on any atom is 0.271 e. The first-order valence-corrected chi connectivity index (χ1v) is 7.52. The molecule has 0 spiro atoms. The first kappa shape index (κ1) is 14.1. The fourth-order valence-electron chi connectivity index (χ4n) is 2.80. The fourth-order valence-corrected chi connectivity index (χ4v) is 2.80. The van der Waals surface area contributed by atoms with Crippen molar-refractivity contribution >= 4 is 16.7 Å². The van der Waals surface area contributed by atoms with Crippen molar-refractivity contribution in [2.75, 3.05) is 0 Å². The van der Waals surface area contributed by atoms with Gasteiger partial charge >= 0.3 is 0 Å². The van der Waals surface area contributed by atoms with E-state index in [2.05, 4.69) is 4.98 Å². The molecule has 0 N–H and O–H groups in total. The highest BCUT2D eigenvalue weighted by Crippen LogP contribution is 2.30. The van der Waals surface area contributed by atoms with Crippen molar-refractivity contribution in [2.45, 2.75) is 0 Å². The number of nitrogens with zero attached hydrogens (tertiary/aromatic N) is 3. The molecule has 3 aromatic carbocycles. The topological polar surface area (TPSA) is 61.0 Å². The van der Waals surface area contributed by atoms with Gasteiger partial charge in [0, 0.05) is 23.4 Å². The molecule has 1 aromatic heterocycles. The third kappa shape index (κ3) is 2.32. The van der Waals surface area contributed by atoms with Gasteiger partial charge in [-0.3, -0.25) is 14.7 Å². The van der Waals surface area contributed by atoms with E-state index in [0.717, 1.165) is 22.6 Å². The SMILES string of the molecule is O=[N+]([O-])c1ccc2c(c1)nc(-c1ccccc1)n2-c1ccccc1. The van der Waals surface area contributed by atoms with Crippen LogP contribution in [0.1, 0.15) is 0 Å².